The Balaban J connectivity index is 2.54. The quantitative estimate of drug-likeness (QED) is 0.569. The van der Waals surface area contributed by atoms with Crippen molar-refractivity contribution in [1.82, 2.24) is 0 Å². The first-order chi connectivity index (χ1) is 8.37. The lowest BCUT2D eigenvalue weighted by molar-refractivity contribution is -0.160. The van der Waals surface area contributed by atoms with Gasteiger partial charge in [0.05, 0.1) is 13.2 Å². The first-order valence-electron chi connectivity index (χ1n) is 6.38. The average molecular weight is 252 g/mol. The largest absolute Gasteiger partial charge is 0.468 e. The van der Waals surface area contributed by atoms with Crippen LogP contribution in [0.3, 0.4) is 0 Å². The molecule has 2 aliphatic rings. The van der Waals surface area contributed by atoms with Crippen LogP contribution in [0, 0.1) is 10.8 Å². The summed E-state index contributed by atoms with van der Waals surface area (Å²) in [6.07, 6.45) is 3.38. The number of carbonyl (C=O) groups excluding carboxylic acids is 2. The highest BCUT2D eigenvalue weighted by molar-refractivity contribution is 5.93. The Labute approximate surface area is 107 Å². The summed E-state index contributed by atoms with van der Waals surface area (Å²) in [5, 5.41) is 10.2. The number of aliphatic hydroxyl groups is 1. The second-order valence-electron chi connectivity index (χ2n) is 5.66. The molecule has 0 aromatic rings. The summed E-state index contributed by atoms with van der Waals surface area (Å²) in [6, 6.07) is 0. The van der Waals surface area contributed by atoms with Crippen LogP contribution >= 0.6 is 0 Å². The molecule has 18 heavy (non-hydrogen) atoms. The molecule has 0 saturated heterocycles. The van der Waals surface area contributed by atoms with Crippen LogP contribution in [0.15, 0.2) is 11.6 Å². The van der Waals surface area contributed by atoms with Crippen LogP contribution < -0.4 is 0 Å². The van der Waals surface area contributed by atoms with Crippen LogP contribution in [0.5, 0.6) is 0 Å². The van der Waals surface area contributed by atoms with Crippen molar-refractivity contribution in [1.29, 1.82) is 0 Å². The third-order valence-electron chi connectivity index (χ3n) is 4.68. The fourth-order valence-corrected chi connectivity index (χ4v) is 3.41. The molecule has 0 radical (unpaired) electrons. The van der Waals surface area contributed by atoms with Gasteiger partial charge in [-0.05, 0) is 38.7 Å². The zero-order valence-corrected chi connectivity index (χ0v) is 11.2. The van der Waals surface area contributed by atoms with Gasteiger partial charge in [0.15, 0.2) is 0 Å². The third kappa shape index (κ3) is 1.55. The van der Waals surface area contributed by atoms with Crippen LogP contribution in [0.25, 0.3) is 0 Å². The third-order valence-corrected chi connectivity index (χ3v) is 4.68. The summed E-state index contributed by atoms with van der Waals surface area (Å²) in [7, 11) is 1.32. The van der Waals surface area contributed by atoms with Gasteiger partial charge in [-0.25, -0.2) is 0 Å². The molecule has 4 heteroatoms. The second-order valence-corrected chi connectivity index (χ2v) is 5.66. The van der Waals surface area contributed by atoms with E-state index in [9.17, 15) is 14.7 Å². The SMILES string of the molecule is COC(=O)[C@@]1(C)C2=CCCC(=O)[C@]2(C)CC[C@H]1O. The number of carbonyl (C=O) groups is 2. The molecule has 3 atom stereocenters. The highest BCUT2D eigenvalue weighted by atomic mass is 16.5. The van der Waals surface area contributed by atoms with Crippen LogP contribution in [-0.2, 0) is 14.3 Å². The number of Topliss-reactive ketones (excluding diaryl/α,β-unsaturated/α-hetero) is 1. The van der Waals surface area contributed by atoms with Crippen molar-refractivity contribution in [3.05, 3.63) is 11.6 Å². The summed E-state index contributed by atoms with van der Waals surface area (Å²) in [5.41, 5.74) is -0.949. The van der Waals surface area contributed by atoms with Crippen molar-refractivity contribution < 1.29 is 19.4 Å². The average Bonchev–Trinajstić information content (AvgIpc) is 2.36. The number of hydrogen-bond donors (Lipinski definition) is 1. The smallest absolute Gasteiger partial charge is 0.318 e. The van der Waals surface area contributed by atoms with Crippen molar-refractivity contribution in [3.63, 3.8) is 0 Å². The van der Waals surface area contributed by atoms with Crippen molar-refractivity contribution in [2.45, 2.75) is 45.6 Å². The Morgan fingerprint density at radius 1 is 1.50 bits per heavy atom. The van der Waals surface area contributed by atoms with Gasteiger partial charge in [0.2, 0.25) is 0 Å². The first kappa shape index (κ1) is 13.3. The van der Waals surface area contributed by atoms with Gasteiger partial charge in [-0.3, -0.25) is 9.59 Å². The van der Waals surface area contributed by atoms with E-state index in [-0.39, 0.29) is 5.78 Å². The van der Waals surface area contributed by atoms with Crippen LogP contribution in [0.2, 0.25) is 0 Å². The summed E-state index contributed by atoms with van der Waals surface area (Å²) in [5.74, 6) is -0.288. The fraction of sp³-hybridized carbons (Fsp3) is 0.714. The Morgan fingerprint density at radius 3 is 2.78 bits per heavy atom. The monoisotopic (exact) mass is 252 g/mol. The molecule has 2 rings (SSSR count). The number of hydrogen-bond acceptors (Lipinski definition) is 4. The number of esters is 1. The van der Waals surface area contributed by atoms with Gasteiger partial charge >= 0.3 is 5.97 Å². The molecule has 0 aromatic heterocycles. The normalized spacial score (nSPS) is 39.9. The lowest BCUT2D eigenvalue weighted by atomic mass is 9.54. The van der Waals surface area contributed by atoms with Gasteiger partial charge in [-0.2, -0.15) is 0 Å². The van der Waals surface area contributed by atoms with E-state index in [1.807, 2.05) is 13.0 Å². The second kappa shape index (κ2) is 4.19. The maximum atomic E-state index is 12.2. The standard InChI is InChI=1S/C14H20O4/c1-13-8-7-11(16)14(2,12(17)18-3)9(13)5-4-6-10(13)15/h5,11,16H,4,6-8H2,1-3H3/t11-,13-,14+/m1/s1. The molecule has 1 fully saturated rings. The topological polar surface area (TPSA) is 63.6 Å². The minimum absolute atomic E-state index is 0.169. The molecule has 0 unspecified atom stereocenters. The molecule has 4 nitrogen and oxygen atoms in total. The zero-order valence-electron chi connectivity index (χ0n) is 11.2. The van der Waals surface area contributed by atoms with Crippen molar-refractivity contribution in [2.24, 2.45) is 10.8 Å². The number of aliphatic hydroxyl groups excluding tert-OH is 1. The number of ketones is 1. The highest BCUT2D eigenvalue weighted by Crippen LogP contribution is 2.54. The fourth-order valence-electron chi connectivity index (χ4n) is 3.41. The van der Waals surface area contributed by atoms with Gasteiger partial charge in [-0.15, -0.1) is 0 Å². The van der Waals surface area contributed by atoms with Gasteiger partial charge < -0.3 is 9.84 Å². The van der Waals surface area contributed by atoms with Gasteiger partial charge in [0, 0.05) is 11.8 Å². The molecule has 0 aliphatic heterocycles. The Kier molecular flexibility index (Phi) is 3.09. The van der Waals surface area contributed by atoms with Gasteiger partial charge in [0.25, 0.3) is 0 Å². The van der Waals surface area contributed by atoms with Crippen molar-refractivity contribution in [2.75, 3.05) is 7.11 Å². The molecule has 0 aromatic carbocycles. The van der Waals surface area contributed by atoms with Crippen molar-refractivity contribution >= 4 is 11.8 Å². The molecule has 1 saturated carbocycles. The number of allylic oxidation sites excluding steroid dienone is 1. The number of fused-ring (bicyclic) bond motifs is 1. The Bertz CT molecular complexity index is 426. The maximum absolute atomic E-state index is 12.2. The van der Waals surface area contributed by atoms with E-state index in [0.717, 1.165) is 5.57 Å². The number of rotatable bonds is 1. The van der Waals surface area contributed by atoms with Gasteiger partial charge in [-0.1, -0.05) is 6.08 Å². The molecule has 0 bridgehead atoms. The minimum atomic E-state index is -1.09. The van der Waals surface area contributed by atoms with Crippen molar-refractivity contribution in [3.8, 4) is 0 Å². The molecular formula is C14H20O4. The van der Waals surface area contributed by atoms with E-state index in [4.69, 9.17) is 4.74 Å². The maximum Gasteiger partial charge on any atom is 0.318 e. The molecule has 100 valence electrons. The Hall–Kier alpha value is -1.16. The number of ether oxygens (including phenoxy) is 1. The zero-order chi connectivity index (χ0) is 13.6. The van der Waals surface area contributed by atoms with E-state index >= 15 is 0 Å². The predicted octanol–water partition coefficient (Wildman–Crippen LogP) is 1.62. The molecule has 2 aliphatic carbocycles. The van der Waals surface area contributed by atoms with E-state index in [0.29, 0.717) is 25.7 Å². The van der Waals surface area contributed by atoms with Crippen LogP contribution in [-0.4, -0.2) is 30.1 Å². The molecule has 1 N–H and O–H groups in total. The van der Waals surface area contributed by atoms with Crippen LogP contribution in [0.1, 0.15) is 39.5 Å². The lowest BCUT2D eigenvalue weighted by Gasteiger charge is -2.49. The molecule has 0 spiro atoms. The predicted molar refractivity (Wildman–Crippen MR) is 65.8 cm³/mol. The molecular weight excluding hydrogens is 232 g/mol. The first-order valence-corrected chi connectivity index (χ1v) is 6.38. The van der Waals surface area contributed by atoms with E-state index in [2.05, 4.69) is 0 Å². The summed E-state index contributed by atoms with van der Waals surface area (Å²) >= 11 is 0. The number of methoxy groups -OCH3 is 1. The minimum Gasteiger partial charge on any atom is -0.468 e. The van der Waals surface area contributed by atoms with E-state index in [1.54, 1.807) is 6.92 Å². The van der Waals surface area contributed by atoms with E-state index < -0.39 is 22.9 Å². The summed E-state index contributed by atoms with van der Waals surface area (Å²) in [4.78, 5) is 24.2. The summed E-state index contributed by atoms with van der Waals surface area (Å²) < 4.78 is 4.84. The lowest BCUT2D eigenvalue weighted by Crippen LogP contribution is -2.53. The Morgan fingerprint density at radius 2 is 2.17 bits per heavy atom. The summed E-state index contributed by atoms with van der Waals surface area (Å²) in [6.45, 7) is 3.57. The molecule has 0 amide bonds. The molecule has 0 heterocycles. The van der Waals surface area contributed by atoms with Gasteiger partial charge in [0.1, 0.15) is 11.2 Å². The highest BCUT2D eigenvalue weighted by Gasteiger charge is 2.57. The van der Waals surface area contributed by atoms with E-state index in [1.165, 1.54) is 7.11 Å². The van der Waals surface area contributed by atoms with Crippen LogP contribution in [0.4, 0.5) is 0 Å².